The van der Waals surface area contributed by atoms with Gasteiger partial charge in [-0.1, -0.05) is 12.8 Å². The van der Waals surface area contributed by atoms with E-state index in [2.05, 4.69) is 29.0 Å². The summed E-state index contributed by atoms with van der Waals surface area (Å²) >= 11 is 1.76. The normalized spacial score (nSPS) is 15.2. The van der Waals surface area contributed by atoms with E-state index in [1.54, 1.807) is 28.1 Å². The number of aryl methyl sites for hydroxylation is 1. The summed E-state index contributed by atoms with van der Waals surface area (Å²) in [6.45, 7) is 2.77. The van der Waals surface area contributed by atoms with Crippen LogP contribution in [0.25, 0.3) is 5.78 Å². The number of aromatic nitrogens is 3. The molecule has 1 saturated carbocycles. The Morgan fingerprint density at radius 2 is 2.21 bits per heavy atom. The lowest BCUT2D eigenvalue weighted by atomic mass is 10.2. The van der Waals surface area contributed by atoms with Crippen LogP contribution in [0.3, 0.4) is 0 Å². The predicted octanol–water partition coefficient (Wildman–Crippen LogP) is 3.68. The number of rotatable bonds is 4. The van der Waals surface area contributed by atoms with Gasteiger partial charge in [-0.3, -0.25) is 9.20 Å². The van der Waals surface area contributed by atoms with Crippen molar-refractivity contribution >= 4 is 23.0 Å². The Morgan fingerprint density at radius 3 is 2.92 bits per heavy atom. The van der Waals surface area contributed by atoms with Crippen LogP contribution in [0.2, 0.25) is 0 Å². The highest BCUT2D eigenvalue weighted by molar-refractivity contribution is 7.11. The fraction of sp³-hybridized carbons (Fsp3) is 0.389. The van der Waals surface area contributed by atoms with Gasteiger partial charge in [0, 0.05) is 34.4 Å². The minimum atomic E-state index is 0.0125. The van der Waals surface area contributed by atoms with Crippen LogP contribution >= 0.6 is 11.3 Å². The fourth-order valence-electron chi connectivity index (χ4n) is 3.40. The number of hydrogen-bond acceptors (Lipinski definition) is 4. The first-order valence-electron chi connectivity index (χ1n) is 8.37. The van der Waals surface area contributed by atoms with Crippen molar-refractivity contribution in [2.75, 3.05) is 0 Å². The van der Waals surface area contributed by atoms with Crippen LogP contribution in [0.5, 0.6) is 0 Å². The molecule has 6 heteroatoms. The zero-order chi connectivity index (χ0) is 16.5. The van der Waals surface area contributed by atoms with Gasteiger partial charge in [0.25, 0.3) is 5.91 Å². The zero-order valence-electron chi connectivity index (χ0n) is 13.7. The maximum absolute atomic E-state index is 13.1. The molecule has 0 saturated heterocycles. The van der Waals surface area contributed by atoms with Gasteiger partial charge in [-0.25, -0.2) is 9.97 Å². The Balaban J connectivity index is 1.64. The van der Waals surface area contributed by atoms with E-state index in [1.807, 2.05) is 17.2 Å². The lowest BCUT2D eigenvalue weighted by Gasteiger charge is -2.28. The molecule has 1 amide bonds. The number of fused-ring (bicyclic) bond motifs is 1. The Hall–Kier alpha value is -2.21. The average Bonchev–Trinajstić information content (AvgIpc) is 3.32. The van der Waals surface area contributed by atoms with E-state index in [4.69, 9.17) is 0 Å². The van der Waals surface area contributed by atoms with E-state index in [0.717, 1.165) is 12.8 Å². The molecule has 3 aromatic rings. The highest BCUT2D eigenvalue weighted by Gasteiger charge is 2.29. The number of carbonyl (C=O) groups excluding carboxylic acids is 1. The summed E-state index contributed by atoms with van der Waals surface area (Å²) in [7, 11) is 0. The molecule has 0 spiro atoms. The number of imidazole rings is 1. The van der Waals surface area contributed by atoms with Crippen molar-refractivity contribution in [3.63, 3.8) is 0 Å². The van der Waals surface area contributed by atoms with E-state index in [1.165, 1.54) is 22.6 Å². The van der Waals surface area contributed by atoms with Gasteiger partial charge in [0.2, 0.25) is 5.78 Å². The van der Waals surface area contributed by atoms with Gasteiger partial charge in [0.1, 0.15) is 5.69 Å². The summed E-state index contributed by atoms with van der Waals surface area (Å²) in [6.07, 6.45) is 9.92. The lowest BCUT2D eigenvalue weighted by molar-refractivity contribution is 0.0661. The molecule has 124 valence electrons. The van der Waals surface area contributed by atoms with Crippen LogP contribution in [0.15, 0.2) is 36.8 Å². The molecule has 0 atom stereocenters. The summed E-state index contributed by atoms with van der Waals surface area (Å²) < 4.78 is 1.80. The van der Waals surface area contributed by atoms with E-state index in [-0.39, 0.29) is 5.91 Å². The van der Waals surface area contributed by atoms with Crippen molar-refractivity contribution in [2.24, 2.45) is 0 Å². The molecule has 1 fully saturated rings. The van der Waals surface area contributed by atoms with Crippen LogP contribution in [0, 0.1) is 6.92 Å². The Kier molecular flexibility index (Phi) is 4.06. The van der Waals surface area contributed by atoms with Gasteiger partial charge >= 0.3 is 0 Å². The van der Waals surface area contributed by atoms with Crippen molar-refractivity contribution in [2.45, 2.75) is 45.2 Å². The van der Waals surface area contributed by atoms with E-state index < -0.39 is 0 Å². The van der Waals surface area contributed by atoms with Crippen molar-refractivity contribution < 1.29 is 4.79 Å². The molecule has 4 rings (SSSR count). The topological polar surface area (TPSA) is 50.5 Å². The number of amides is 1. The monoisotopic (exact) mass is 340 g/mol. The van der Waals surface area contributed by atoms with Crippen LogP contribution in [0.4, 0.5) is 0 Å². The molecule has 0 unspecified atom stereocenters. The third-order valence-corrected chi connectivity index (χ3v) is 5.59. The summed E-state index contributed by atoms with van der Waals surface area (Å²) in [5.41, 5.74) is 0.480. The lowest BCUT2D eigenvalue weighted by Crippen LogP contribution is -2.38. The zero-order valence-corrected chi connectivity index (χ0v) is 14.5. The molecule has 0 aromatic carbocycles. The Bertz CT molecular complexity index is 830. The van der Waals surface area contributed by atoms with Gasteiger partial charge in [-0.05, 0) is 38.0 Å². The molecule has 0 radical (unpaired) electrons. The molecule has 0 bridgehead atoms. The Labute approximate surface area is 145 Å². The van der Waals surface area contributed by atoms with Crippen molar-refractivity contribution in [1.82, 2.24) is 19.3 Å². The molecular weight excluding hydrogens is 320 g/mol. The van der Waals surface area contributed by atoms with Gasteiger partial charge < -0.3 is 4.90 Å². The first-order chi connectivity index (χ1) is 11.7. The van der Waals surface area contributed by atoms with Crippen molar-refractivity contribution in [1.29, 1.82) is 0 Å². The van der Waals surface area contributed by atoms with Crippen molar-refractivity contribution in [3.05, 3.63) is 52.2 Å². The molecule has 0 N–H and O–H groups in total. The average molecular weight is 340 g/mol. The van der Waals surface area contributed by atoms with Crippen LogP contribution in [-0.2, 0) is 6.54 Å². The van der Waals surface area contributed by atoms with E-state index in [9.17, 15) is 4.79 Å². The standard InChI is InChI=1S/C18H20N4OS/c1-13-7-8-15(24-13)11-22(14-5-2-3-6-14)17(23)16-12-21-10-4-9-19-18(21)20-16/h4,7-10,12,14H,2-3,5-6,11H2,1H3. The third kappa shape index (κ3) is 2.94. The molecule has 24 heavy (non-hydrogen) atoms. The van der Waals surface area contributed by atoms with Gasteiger partial charge in [0.15, 0.2) is 0 Å². The minimum absolute atomic E-state index is 0.0125. The first kappa shape index (κ1) is 15.3. The van der Waals surface area contributed by atoms with Gasteiger partial charge in [-0.15, -0.1) is 11.3 Å². The second kappa shape index (κ2) is 6.36. The molecule has 3 aromatic heterocycles. The highest BCUT2D eigenvalue weighted by atomic mass is 32.1. The molecule has 1 aliphatic carbocycles. The smallest absolute Gasteiger partial charge is 0.274 e. The molecule has 3 heterocycles. The summed E-state index contributed by atoms with van der Waals surface area (Å²) in [4.78, 5) is 26.3. The molecule has 5 nitrogen and oxygen atoms in total. The Morgan fingerprint density at radius 1 is 1.38 bits per heavy atom. The summed E-state index contributed by atoms with van der Waals surface area (Å²) in [6, 6.07) is 6.40. The summed E-state index contributed by atoms with van der Waals surface area (Å²) in [5.74, 6) is 0.581. The van der Waals surface area contributed by atoms with Gasteiger partial charge in [-0.2, -0.15) is 0 Å². The quantitative estimate of drug-likeness (QED) is 0.728. The second-order valence-corrected chi connectivity index (χ2v) is 7.71. The number of carbonyl (C=O) groups is 1. The first-order valence-corrected chi connectivity index (χ1v) is 9.18. The maximum atomic E-state index is 13.1. The number of hydrogen-bond donors (Lipinski definition) is 0. The number of thiophene rings is 1. The largest absolute Gasteiger partial charge is 0.329 e. The van der Waals surface area contributed by atoms with Crippen LogP contribution in [0.1, 0.15) is 45.9 Å². The maximum Gasteiger partial charge on any atom is 0.274 e. The fourth-order valence-corrected chi connectivity index (χ4v) is 4.29. The number of nitrogens with zero attached hydrogens (tertiary/aromatic N) is 4. The molecular formula is C18H20N4OS. The molecule has 0 aliphatic heterocycles. The van der Waals surface area contributed by atoms with Crippen LogP contribution < -0.4 is 0 Å². The second-order valence-electron chi connectivity index (χ2n) is 6.34. The summed E-state index contributed by atoms with van der Waals surface area (Å²) in [5, 5.41) is 0. The minimum Gasteiger partial charge on any atom is -0.329 e. The van der Waals surface area contributed by atoms with Crippen molar-refractivity contribution in [3.8, 4) is 0 Å². The van der Waals surface area contributed by atoms with E-state index >= 15 is 0 Å². The highest BCUT2D eigenvalue weighted by Crippen LogP contribution is 2.28. The van der Waals surface area contributed by atoms with Gasteiger partial charge in [0.05, 0.1) is 6.54 Å². The molecule has 1 aliphatic rings. The predicted molar refractivity (Wildman–Crippen MR) is 94.2 cm³/mol. The SMILES string of the molecule is Cc1ccc(CN(C(=O)c2cn3cccnc3n2)C2CCCC2)s1. The van der Waals surface area contributed by atoms with E-state index in [0.29, 0.717) is 24.1 Å². The third-order valence-electron chi connectivity index (χ3n) is 4.60. The van der Waals surface area contributed by atoms with Crippen LogP contribution in [-0.4, -0.2) is 31.2 Å².